The molecular formula is C12H16N2O3S. The Bertz CT molecular complexity index is 541. The first kappa shape index (κ1) is 14.7. The molecule has 1 atom stereocenters. The number of aliphatic hydroxyl groups excluding tert-OH is 1. The molecule has 98 valence electrons. The van der Waals surface area contributed by atoms with Crippen LogP contribution in [0.5, 0.6) is 0 Å². The van der Waals surface area contributed by atoms with Gasteiger partial charge in [0.2, 0.25) is 0 Å². The highest BCUT2D eigenvalue weighted by Crippen LogP contribution is 2.13. The van der Waals surface area contributed by atoms with E-state index in [9.17, 15) is 8.42 Å². The van der Waals surface area contributed by atoms with Crippen molar-refractivity contribution in [2.75, 3.05) is 13.7 Å². The van der Waals surface area contributed by atoms with E-state index in [2.05, 4.69) is 21.3 Å². The molecule has 1 rings (SSSR count). The van der Waals surface area contributed by atoms with Gasteiger partial charge in [-0.1, -0.05) is 24.0 Å². The van der Waals surface area contributed by atoms with Crippen molar-refractivity contribution >= 4 is 10.2 Å². The first-order chi connectivity index (χ1) is 8.48. The van der Waals surface area contributed by atoms with E-state index in [4.69, 9.17) is 5.11 Å². The van der Waals surface area contributed by atoms with Crippen LogP contribution >= 0.6 is 0 Å². The van der Waals surface area contributed by atoms with Crippen molar-refractivity contribution in [3.05, 3.63) is 35.4 Å². The summed E-state index contributed by atoms with van der Waals surface area (Å²) >= 11 is 0. The van der Waals surface area contributed by atoms with Crippen LogP contribution < -0.4 is 9.44 Å². The summed E-state index contributed by atoms with van der Waals surface area (Å²) in [6.07, 6.45) is 0. The van der Waals surface area contributed by atoms with Crippen molar-refractivity contribution in [3.63, 3.8) is 0 Å². The van der Waals surface area contributed by atoms with Gasteiger partial charge < -0.3 is 5.11 Å². The smallest absolute Gasteiger partial charge is 0.277 e. The topological polar surface area (TPSA) is 78.4 Å². The van der Waals surface area contributed by atoms with Crippen LogP contribution in [0.1, 0.15) is 24.1 Å². The molecule has 0 fully saturated rings. The van der Waals surface area contributed by atoms with E-state index in [1.807, 2.05) is 0 Å². The summed E-state index contributed by atoms with van der Waals surface area (Å²) in [5.41, 5.74) is 1.61. The van der Waals surface area contributed by atoms with E-state index < -0.39 is 10.2 Å². The zero-order valence-corrected chi connectivity index (χ0v) is 11.1. The Morgan fingerprint density at radius 2 is 1.94 bits per heavy atom. The Kier molecular flexibility index (Phi) is 5.31. The molecule has 5 nitrogen and oxygen atoms in total. The fourth-order valence-corrected chi connectivity index (χ4v) is 2.08. The van der Waals surface area contributed by atoms with E-state index in [0.29, 0.717) is 0 Å². The summed E-state index contributed by atoms with van der Waals surface area (Å²) in [6, 6.07) is 6.82. The Morgan fingerprint density at radius 3 is 2.44 bits per heavy atom. The van der Waals surface area contributed by atoms with Gasteiger partial charge in [-0.05, 0) is 24.6 Å². The third-order valence-corrected chi connectivity index (χ3v) is 3.52. The van der Waals surface area contributed by atoms with Crippen LogP contribution in [-0.4, -0.2) is 27.2 Å². The second kappa shape index (κ2) is 6.52. The van der Waals surface area contributed by atoms with Crippen LogP contribution in [-0.2, 0) is 10.2 Å². The van der Waals surface area contributed by atoms with Gasteiger partial charge >= 0.3 is 0 Å². The summed E-state index contributed by atoms with van der Waals surface area (Å²) in [5.74, 6) is 5.31. The highest BCUT2D eigenvalue weighted by Gasteiger charge is 2.12. The minimum absolute atomic E-state index is 0.180. The quantitative estimate of drug-likeness (QED) is 0.680. The lowest BCUT2D eigenvalue weighted by atomic mass is 10.1. The number of nitrogens with one attached hydrogen (secondary N) is 2. The minimum atomic E-state index is -3.45. The predicted molar refractivity (Wildman–Crippen MR) is 69.9 cm³/mol. The van der Waals surface area contributed by atoms with E-state index in [1.54, 1.807) is 31.2 Å². The fourth-order valence-electron chi connectivity index (χ4n) is 1.36. The van der Waals surface area contributed by atoms with Crippen molar-refractivity contribution in [2.45, 2.75) is 13.0 Å². The second-order valence-corrected chi connectivity index (χ2v) is 5.28. The van der Waals surface area contributed by atoms with E-state index in [1.165, 1.54) is 7.05 Å². The largest absolute Gasteiger partial charge is 0.384 e. The molecular weight excluding hydrogens is 252 g/mol. The van der Waals surface area contributed by atoms with Gasteiger partial charge in [0.05, 0.1) is 0 Å². The minimum Gasteiger partial charge on any atom is -0.384 e. The molecule has 1 aromatic rings. The van der Waals surface area contributed by atoms with Crippen LogP contribution in [0.3, 0.4) is 0 Å². The van der Waals surface area contributed by atoms with E-state index in [-0.39, 0.29) is 12.6 Å². The van der Waals surface area contributed by atoms with Crippen molar-refractivity contribution < 1.29 is 13.5 Å². The lowest BCUT2D eigenvalue weighted by Crippen LogP contribution is -2.35. The molecule has 0 radical (unpaired) electrons. The van der Waals surface area contributed by atoms with Crippen molar-refractivity contribution in [3.8, 4) is 11.8 Å². The van der Waals surface area contributed by atoms with Gasteiger partial charge in [0.15, 0.2) is 0 Å². The Morgan fingerprint density at radius 1 is 1.33 bits per heavy atom. The summed E-state index contributed by atoms with van der Waals surface area (Å²) < 4.78 is 27.3. The average molecular weight is 268 g/mol. The molecule has 0 amide bonds. The SMILES string of the molecule is CNS(=O)(=O)NC(C)c1ccc(C#CCO)cc1. The molecule has 18 heavy (non-hydrogen) atoms. The van der Waals surface area contributed by atoms with Crippen molar-refractivity contribution in [1.29, 1.82) is 0 Å². The summed E-state index contributed by atoms with van der Waals surface area (Å²) in [4.78, 5) is 0. The Balaban J connectivity index is 2.79. The number of hydrogen-bond donors (Lipinski definition) is 3. The number of hydrogen-bond acceptors (Lipinski definition) is 3. The first-order valence-corrected chi connectivity index (χ1v) is 6.87. The Labute approximate surface area is 107 Å². The van der Waals surface area contributed by atoms with Gasteiger partial charge in [-0.2, -0.15) is 13.1 Å². The summed E-state index contributed by atoms with van der Waals surface area (Å²) in [6.45, 7) is 1.57. The zero-order chi connectivity index (χ0) is 13.6. The number of benzene rings is 1. The molecule has 0 aromatic heterocycles. The third kappa shape index (κ3) is 4.47. The normalized spacial score (nSPS) is 12.6. The van der Waals surface area contributed by atoms with Crippen LogP contribution in [0.2, 0.25) is 0 Å². The van der Waals surface area contributed by atoms with Gasteiger partial charge in [-0.3, -0.25) is 0 Å². The van der Waals surface area contributed by atoms with Gasteiger partial charge in [0.25, 0.3) is 10.2 Å². The predicted octanol–water partition coefficient (Wildman–Crippen LogP) is 0.145. The van der Waals surface area contributed by atoms with Crippen LogP contribution in [0.4, 0.5) is 0 Å². The highest BCUT2D eigenvalue weighted by atomic mass is 32.2. The second-order valence-electron chi connectivity index (χ2n) is 3.63. The van der Waals surface area contributed by atoms with Crippen LogP contribution in [0, 0.1) is 11.8 Å². The maximum absolute atomic E-state index is 11.3. The van der Waals surface area contributed by atoms with E-state index in [0.717, 1.165) is 11.1 Å². The summed E-state index contributed by atoms with van der Waals surface area (Å²) in [5, 5.41) is 8.57. The van der Waals surface area contributed by atoms with Crippen LogP contribution in [0.15, 0.2) is 24.3 Å². The molecule has 0 saturated carbocycles. The first-order valence-electron chi connectivity index (χ1n) is 5.39. The monoisotopic (exact) mass is 268 g/mol. The molecule has 1 unspecified atom stereocenters. The lowest BCUT2D eigenvalue weighted by Gasteiger charge is -2.13. The maximum atomic E-state index is 11.3. The highest BCUT2D eigenvalue weighted by molar-refractivity contribution is 7.87. The molecule has 0 aliphatic rings. The molecule has 3 N–H and O–H groups in total. The zero-order valence-electron chi connectivity index (χ0n) is 10.3. The summed E-state index contributed by atoms with van der Waals surface area (Å²) in [7, 11) is -2.10. The molecule has 6 heteroatoms. The molecule has 0 heterocycles. The standard InChI is InChI=1S/C12H16N2O3S/c1-10(14-18(16,17)13-2)12-7-5-11(6-8-12)4-3-9-15/h5-8,10,13-15H,9H2,1-2H3. The fraction of sp³-hybridized carbons (Fsp3) is 0.333. The number of rotatable bonds is 4. The average Bonchev–Trinajstić information content (AvgIpc) is 2.36. The van der Waals surface area contributed by atoms with Gasteiger partial charge in [-0.25, -0.2) is 4.72 Å². The molecule has 1 aromatic carbocycles. The molecule has 0 saturated heterocycles. The maximum Gasteiger partial charge on any atom is 0.277 e. The molecule has 0 bridgehead atoms. The molecule has 0 spiro atoms. The van der Waals surface area contributed by atoms with Gasteiger partial charge in [-0.15, -0.1) is 0 Å². The Hall–Kier alpha value is -1.39. The van der Waals surface area contributed by atoms with Crippen molar-refractivity contribution in [2.24, 2.45) is 0 Å². The van der Waals surface area contributed by atoms with Gasteiger partial charge in [0, 0.05) is 18.7 Å². The number of aliphatic hydroxyl groups is 1. The molecule has 0 aliphatic heterocycles. The van der Waals surface area contributed by atoms with E-state index >= 15 is 0 Å². The van der Waals surface area contributed by atoms with Gasteiger partial charge in [0.1, 0.15) is 6.61 Å². The van der Waals surface area contributed by atoms with Crippen molar-refractivity contribution in [1.82, 2.24) is 9.44 Å². The molecule has 0 aliphatic carbocycles. The third-order valence-electron chi connectivity index (χ3n) is 2.32. The lowest BCUT2D eigenvalue weighted by molar-refractivity contribution is 0.350. The van der Waals surface area contributed by atoms with Crippen LogP contribution in [0.25, 0.3) is 0 Å².